The van der Waals surface area contributed by atoms with E-state index in [0.29, 0.717) is 35.1 Å². The number of amides is 2. The molecule has 6 nitrogen and oxygen atoms in total. The van der Waals surface area contributed by atoms with Crippen LogP contribution in [-0.4, -0.2) is 41.5 Å². The molecule has 3 rings (SSSR count). The lowest BCUT2D eigenvalue weighted by Gasteiger charge is -2.31. The average molecular weight is 482 g/mol. The van der Waals surface area contributed by atoms with Gasteiger partial charge in [0.05, 0.1) is 23.4 Å². The van der Waals surface area contributed by atoms with Crippen LogP contribution in [-0.2, 0) is 0 Å². The molecule has 2 N–H and O–H groups in total. The van der Waals surface area contributed by atoms with E-state index in [0.717, 1.165) is 45.2 Å². The van der Waals surface area contributed by atoms with Gasteiger partial charge in [0.25, 0.3) is 11.8 Å². The number of piperidine rings is 1. The quantitative estimate of drug-likeness (QED) is 0.358. The molecule has 7 heteroatoms. The van der Waals surface area contributed by atoms with Crippen molar-refractivity contribution in [3.63, 3.8) is 0 Å². The molecular weight excluding hydrogens is 446 g/mol. The Kier molecular flexibility index (Phi) is 9.89. The summed E-state index contributed by atoms with van der Waals surface area (Å²) in [7, 11) is 0. The number of nitrogens with one attached hydrogen (secondary N) is 2. The number of hydrogen-bond acceptors (Lipinski definition) is 4. The van der Waals surface area contributed by atoms with Crippen LogP contribution in [0.15, 0.2) is 48.5 Å². The van der Waals surface area contributed by atoms with E-state index >= 15 is 0 Å². The Hall–Kier alpha value is -2.93. The van der Waals surface area contributed by atoms with E-state index in [9.17, 15) is 9.59 Å². The SMILES string of the molecule is CCCCCCOc1ccccc1C(=O)NC(=S)Nc1ccccc1C(=O)N1CCC(C)CC1. The highest BCUT2D eigenvalue weighted by Crippen LogP contribution is 2.23. The fraction of sp³-hybridized carbons (Fsp3) is 0.444. The maximum absolute atomic E-state index is 13.1. The zero-order chi connectivity index (χ0) is 24.3. The number of para-hydroxylation sites is 2. The molecule has 2 amide bonds. The second-order valence-electron chi connectivity index (χ2n) is 8.83. The van der Waals surface area contributed by atoms with Crippen LogP contribution in [0.4, 0.5) is 5.69 Å². The van der Waals surface area contributed by atoms with Crippen LogP contribution in [0.1, 0.15) is 73.1 Å². The third-order valence-corrected chi connectivity index (χ3v) is 6.29. The molecule has 0 atom stereocenters. The fourth-order valence-corrected chi connectivity index (χ4v) is 4.18. The summed E-state index contributed by atoms with van der Waals surface area (Å²) in [5, 5.41) is 5.90. The van der Waals surface area contributed by atoms with Crippen LogP contribution in [0.5, 0.6) is 5.75 Å². The molecule has 34 heavy (non-hydrogen) atoms. The molecule has 1 heterocycles. The summed E-state index contributed by atoms with van der Waals surface area (Å²) < 4.78 is 5.86. The van der Waals surface area contributed by atoms with Crippen LogP contribution in [0.2, 0.25) is 0 Å². The van der Waals surface area contributed by atoms with Gasteiger partial charge in [-0.2, -0.15) is 0 Å². The minimum absolute atomic E-state index is 0.0223. The van der Waals surface area contributed by atoms with Crippen molar-refractivity contribution in [1.29, 1.82) is 0 Å². The number of carbonyl (C=O) groups excluding carboxylic acids is 2. The molecule has 1 saturated heterocycles. The Balaban J connectivity index is 1.61. The third-order valence-electron chi connectivity index (χ3n) is 6.09. The van der Waals surface area contributed by atoms with E-state index in [2.05, 4.69) is 24.5 Å². The first-order valence-electron chi connectivity index (χ1n) is 12.2. The number of carbonyl (C=O) groups is 2. The summed E-state index contributed by atoms with van der Waals surface area (Å²) in [6, 6.07) is 14.4. The zero-order valence-electron chi connectivity index (χ0n) is 20.1. The van der Waals surface area contributed by atoms with Crippen LogP contribution in [0.25, 0.3) is 0 Å². The smallest absolute Gasteiger partial charge is 0.261 e. The first-order valence-corrected chi connectivity index (χ1v) is 12.6. The zero-order valence-corrected chi connectivity index (χ0v) is 21.0. The largest absolute Gasteiger partial charge is 0.493 e. The van der Waals surface area contributed by atoms with E-state index in [1.807, 2.05) is 23.1 Å². The van der Waals surface area contributed by atoms with E-state index in [4.69, 9.17) is 17.0 Å². The van der Waals surface area contributed by atoms with Crippen LogP contribution in [0, 0.1) is 5.92 Å². The maximum atomic E-state index is 13.1. The minimum Gasteiger partial charge on any atom is -0.493 e. The van der Waals surface area contributed by atoms with Crippen molar-refractivity contribution in [1.82, 2.24) is 10.2 Å². The highest BCUT2D eigenvalue weighted by atomic mass is 32.1. The molecule has 0 saturated carbocycles. The Labute approximate surface area is 208 Å². The number of anilines is 1. The molecular formula is C27H35N3O3S. The fourth-order valence-electron chi connectivity index (χ4n) is 3.98. The highest BCUT2D eigenvalue weighted by molar-refractivity contribution is 7.80. The molecule has 1 fully saturated rings. The molecule has 0 radical (unpaired) electrons. The van der Waals surface area contributed by atoms with Gasteiger partial charge in [0.2, 0.25) is 0 Å². The van der Waals surface area contributed by atoms with Gasteiger partial charge in [-0.3, -0.25) is 14.9 Å². The van der Waals surface area contributed by atoms with Crippen molar-refractivity contribution in [2.75, 3.05) is 25.0 Å². The molecule has 2 aromatic rings. The number of ether oxygens (including phenoxy) is 1. The predicted octanol–water partition coefficient (Wildman–Crippen LogP) is 5.64. The summed E-state index contributed by atoms with van der Waals surface area (Å²) in [4.78, 5) is 27.9. The summed E-state index contributed by atoms with van der Waals surface area (Å²) in [5.41, 5.74) is 1.55. The van der Waals surface area contributed by atoms with Gasteiger partial charge >= 0.3 is 0 Å². The van der Waals surface area contributed by atoms with E-state index in [1.165, 1.54) is 6.42 Å². The van der Waals surface area contributed by atoms with Gasteiger partial charge in [0, 0.05) is 13.1 Å². The van der Waals surface area contributed by atoms with Gasteiger partial charge in [-0.1, -0.05) is 57.4 Å². The molecule has 1 aliphatic rings. The molecule has 0 aromatic heterocycles. The second kappa shape index (κ2) is 13.1. The van der Waals surface area contributed by atoms with E-state index in [-0.39, 0.29) is 16.9 Å². The lowest BCUT2D eigenvalue weighted by molar-refractivity contribution is 0.0698. The normalized spacial score (nSPS) is 13.9. The first-order chi connectivity index (χ1) is 16.5. The second-order valence-corrected chi connectivity index (χ2v) is 9.24. The van der Waals surface area contributed by atoms with E-state index < -0.39 is 0 Å². The van der Waals surface area contributed by atoms with Gasteiger partial charge in [0.1, 0.15) is 5.75 Å². The van der Waals surface area contributed by atoms with E-state index in [1.54, 1.807) is 30.3 Å². The number of rotatable bonds is 9. The summed E-state index contributed by atoms with van der Waals surface area (Å²) in [6.07, 6.45) is 6.41. The van der Waals surface area contributed by atoms with Crippen molar-refractivity contribution in [3.05, 3.63) is 59.7 Å². The van der Waals surface area contributed by atoms with Gasteiger partial charge in [-0.05, 0) is 61.7 Å². The Bertz CT molecular complexity index is 987. The number of nitrogens with zero attached hydrogens (tertiary/aromatic N) is 1. The lowest BCUT2D eigenvalue weighted by Crippen LogP contribution is -2.39. The van der Waals surface area contributed by atoms with Crippen molar-refractivity contribution >= 4 is 34.8 Å². The monoisotopic (exact) mass is 481 g/mol. The first kappa shape index (κ1) is 25.7. The van der Waals surface area contributed by atoms with Crippen LogP contribution in [0.3, 0.4) is 0 Å². The van der Waals surface area contributed by atoms with Crippen molar-refractivity contribution < 1.29 is 14.3 Å². The van der Waals surface area contributed by atoms with Crippen molar-refractivity contribution in [3.8, 4) is 5.75 Å². The number of hydrogen-bond donors (Lipinski definition) is 2. The van der Waals surface area contributed by atoms with Gasteiger partial charge in [0.15, 0.2) is 5.11 Å². The molecule has 0 bridgehead atoms. The van der Waals surface area contributed by atoms with Crippen LogP contribution < -0.4 is 15.4 Å². The lowest BCUT2D eigenvalue weighted by atomic mass is 9.98. The number of benzene rings is 2. The highest BCUT2D eigenvalue weighted by Gasteiger charge is 2.23. The number of unbranched alkanes of at least 4 members (excludes halogenated alkanes) is 3. The minimum atomic E-state index is -0.351. The third kappa shape index (κ3) is 7.29. The Morgan fingerprint density at radius 2 is 1.68 bits per heavy atom. The molecule has 2 aromatic carbocycles. The van der Waals surface area contributed by atoms with Gasteiger partial charge < -0.3 is 15.0 Å². The average Bonchev–Trinajstić information content (AvgIpc) is 2.84. The van der Waals surface area contributed by atoms with Crippen molar-refractivity contribution in [2.24, 2.45) is 5.92 Å². The molecule has 0 unspecified atom stereocenters. The predicted molar refractivity (Wildman–Crippen MR) is 141 cm³/mol. The molecule has 1 aliphatic heterocycles. The summed E-state index contributed by atoms with van der Waals surface area (Å²) >= 11 is 5.40. The summed E-state index contributed by atoms with van der Waals surface area (Å²) in [5.74, 6) is 0.805. The topological polar surface area (TPSA) is 70.7 Å². The number of thiocarbonyl (C=S) groups is 1. The Morgan fingerprint density at radius 3 is 2.41 bits per heavy atom. The van der Waals surface area contributed by atoms with Gasteiger partial charge in [-0.25, -0.2) is 0 Å². The summed E-state index contributed by atoms with van der Waals surface area (Å²) in [6.45, 7) is 6.46. The molecule has 0 spiro atoms. The van der Waals surface area contributed by atoms with Gasteiger partial charge in [-0.15, -0.1) is 0 Å². The molecule has 182 valence electrons. The maximum Gasteiger partial charge on any atom is 0.261 e. The number of likely N-dealkylation sites (tertiary alicyclic amines) is 1. The molecule has 0 aliphatic carbocycles. The van der Waals surface area contributed by atoms with Crippen molar-refractivity contribution in [2.45, 2.75) is 52.4 Å². The van der Waals surface area contributed by atoms with Crippen LogP contribution >= 0.6 is 12.2 Å². The standard InChI is InChI=1S/C27H35N3O3S/c1-3-4-5-10-19-33-24-14-9-7-12-22(24)25(31)29-27(34)28-23-13-8-6-11-21(23)26(32)30-17-15-20(2)16-18-30/h6-9,11-14,20H,3-5,10,15-19H2,1-2H3,(H2,28,29,31,34). The Morgan fingerprint density at radius 1 is 1.00 bits per heavy atom.